The zero-order chi connectivity index (χ0) is 12.6. The van der Waals surface area contributed by atoms with E-state index in [9.17, 15) is 13.6 Å². The Hall–Kier alpha value is -1.27. The van der Waals surface area contributed by atoms with Crippen molar-refractivity contribution >= 4 is 38.7 Å². The highest BCUT2D eigenvalue weighted by Crippen LogP contribution is 2.28. The van der Waals surface area contributed by atoms with Gasteiger partial charge in [-0.15, -0.1) is 11.3 Å². The molecule has 0 aliphatic heterocycles. The number of halogens is 3. The summed E-state index contributed by atoms with van der Waals surface area (Å²) in [5, 5.41) is 1.72. The molecule has 0 amide bonds. The molecule has 2 nitrogen and oxygen atoms in total. The first-order valence-corrected chi connectivity index (χ1v) is 6.20. The van der Waals surface area contributed by atoms with E-state index in [1.54, 1.807) is 11.4 Å². The van der Waals surface area contributed by atoms with E-state index in [1.165, 1.54) is 11.3 Å². The first kappa shape index (κ1) is 12.2. The van der Waals surface area contributed by atoms with Crippen molar-refractivity contribution in [1.29, 1.82) is 0 Å². The molecule has 0 fully saturated rings. The number of hydrogen-bond acceptors (Lipinski definition) is 3. The van der Waals surface area contributed by atoms with Gasteiger partial charge in [0.05, 0.1) is 4.88 Å². The van der Waals surface area contributed by atoms with Crippen molar-refractivity contribution in [3.8, 4) is 0 Å². The van der Waals surface area contributed by atoms with E-state index in [1.807, 2.05) is 0 Å². The summed E-state index contributed by atoms with van der Waals surface area (Å²) >= 11 is 4.41. The van der Waals surface area contributed by atoms with Crippen LogP contribution in [0.3, 0.4) is 0 Å². The van der Waals surface area contributed by atoms with Gasteiger partial charge >= 0.3 is 0 Å². The maximum absolute atomic E-state index is 13.1. The summed E-state index contributed by atoms with van der Waals surface area (Å²) in [4.78, 5) is 12.4. The fourth-order valence-corrected chi connectivity index (χ4v) is 2.84. The summed E-state index contributed by atoms with van der Waals surface area (Å²) in [7, 11) is 0. The molecule has 1 heterocycles. The Kier molecular flexibility index (Phi) is 3.26. The third-order valence-electron chi connectivity index (χ3n) is 2.16. The van der Waals surface area contributed by atoms with Gasteiger partial charge in [0.1, 0.15) is 0 Å². The van der Waals surface area contributed by atoms with Crippen molar-refractivity contribution in [2.24, 2.45) is 0 Å². The molecule has 0 saturated heterocycles. The number of nitrogens with two attached hydrogens (primary N) is 1. The summed E-state index contributed by atoms with van der Waals surface area (Å²) in [5.74, 6) is -2.58. The van der Waals surface area contributed by atoms with Crippen LogP contribution in [0.2, 0.25) is 0 Å². The summed E-state index contributed by atoms with van der Waals surface area (Å²) in [6.07, 6.45) is 0. The number of rotatable bonds is 2. The van der Waals surface area contributed by atoms with Crippen LogP contribution in [0, 0.1) is 11.6 Å². The first-order chi connectivity index (χ1) is 8.00. The topological polar surface area (TPSA) is 43.1 Å². The third-order valence-corrected chi connectivity index (χ3v) is 4.00. The van der Waals surface area contributed by atoms with Crippen LogP contribution >= 0.6 is 27.3 Å². The Labute approximate surface area is 108 Å². The molecule has 1 aromatic carbocycles. The average molecular weight is 318 g/mol. The SMILES string of the molecule is Nc1cc(F)c(F)cc1C(=O)c1sccc1Br. The molecule has 0 atom stereocenters. The van der Waals surface area contributed by atoms with E-state index in [-0.39, 0.29) is 11.3 Å². The molecule has 0 bridgehead atoms. The lowest BCUT2D eigenvalue weighted by Gasteiger charge is -2.04. The number of thiophene rings is 1. The molecular formula is C11H6BrF2NOS. The van der Waals surface area contributed by atoms with Gasteiger partial charge in [-0.25, -0.2) is 8.78 Å². The van der Waals surface area contributed by atoms with Crippen LogP contribution in [0.25, 0.3) is 0 Å². The molecule has 0 radical (unpaired) electrons. The minimum Gasteiger partial charge on any atom is -0.398 e. The van der Waals surface area contributed by atoms with Gasteiger partial charge in [0.2, 0.25) is 5.78 Å². The highest BCUT2D eigenvalue weighted by Gasteiger charge is 2.19. The molecular weight excluding hydrogens is 312 g/mol. The second-order valence-electron chi connectivity index (χ2n) is 3.28. The Balaban J connectivity index is 2.52. The average Bonchev–Trinajstić information content (AvgIpc) is 2.69. The van der Waals surface area contributed by atoms with Crippen LogP contribution in [0.15, 0.2) is 28.1 Å². The molecule has 6 heteroatoms. The smallest absolute Gasteiger partial charge is 0.206 e. The van der Waals surface area contributed by atoms with Crippen LogP contribution < -0.4 is 5.73 Å². The van der Waals surface area contributed by atoms with Crippen molar-refractivity contribution in [1.82, 2.24) is 0 Å². The molecule has 2 aromatic rings. The van der Waals surface area contributed by atoms with Crippen molar-refractivity contribution in [3.63, 3.8) is 0 Å². The number of hydrogen-bond donors (Lipinski definition) is 1. The Morgan fingerprint density at radius 1 is 1.29 bits per heavy atom. The summed E-state index contributed by atoms with van der Waals surface area (Å²) in [6, 6.07) is 3.33. The lowest BCUT2D eigenvalue weighted by atomic mass is 10.1. The fraction of sp³-hybridized carbons (Fsp3) is 0. The van der Waals surface area contributed by atoms with Crippen LogP contribution in [0.4, 0.5) is 14.5 Å². The molecule has 1 aromatic heterocycles. The number of anilines is 1. The molecule has 0 aliphatic carbocycles. The van der Waals surface area contributed by atoms with E-state index < -0.39 is 17.4 Å². The van der Waals surface area contributed by atoms with Gasteiger partial charge in [-0.05, 0) is 33.4 Å². The highest BCUT2D eigenvalue weighted by molar-refractivity contribution is 9.10. The number of benzene rings is 1. The van der Waals surface area contributed by atoms with Gasteiger partial charge < -0.3 is 5.73 Å². The highest BCUT2D eigenvalue weighted by atomic mass is 79.9. The lowest BCUT2D eigenvalue weighted by Crippen LogP contribution is -2.06. The minimum absolute atomic E-state index is 0.0351. The number of carbonyl (C=O) groups excluding carboxylic acids is 1. The monoisotopic (exact) mass is 317 g/mol. The van der Waals surface area contributed by atoms with Crippen LogP contribution in [0.5, 0.6) is 0 Å². The lowest BCUT2D eigenvalue weighted by molar-refractivity contribution is 0.104. The molecule has 17 heavy (non-hydrogen) atoms. The van der Waals surface area contributed by atoms with Gasteiger partial charge in [0, 0.05) is 21.8 Å². The van der Waals surface area contributed by atoms with Gasteiger partial charge in [-0.1, -0.05) is 0 Å². The van der Waals surface area contributed by atoms with Gasteiger partial charge in [-0.3, -0.25) is 4.79 Å². The van der Waals surface area contributed by atoms with Crippen molar-refractivity contribution in [2.75, 3.05) is 5.73 Å². The summed E-state index contributed by atoms with van der Waals surface area (Å²) in [5.41, 5.74) is 5.40. The first-order valence-electron chi connectivity index (χ1n) is 4.53. The fourth-order valence-electron chi connectivity index (χ4n) is 1.34. The number of nitrogen functional groups attached to an aromatic ring is 1. The largest absolute Gasteiger partial charge is 0.398 e. The predicted octanol–water partition coefficient (Wildman–Crippen LogP) is 3.60. The quantitative estimate of drug-likeness (QED) is 0.679. The zero-order valence-corrected chi connectivity index (χ0v) is 10.7. The van der Waals surface area contributed by atoms with Gasteiger partial charge in [0.25, 0.3) is 0 Å². The number of carbonyl (C=O) groups is 1. The van der Waals surface area contributed by atoms with E-state index in [4.69, 9.17) is 5.73 Å². The Bertz CT molecular complexity index is 597. The Morgan fingerprint density at radius 3 is 2.53 bits per heavy atom. The molecule has 0 spiro atoms. The van der Waals surface area contributed by atoms with E-state index in [0.29, 0.717) is 9.35 Å². The maximum atomic E-state index is 13.1. The van der Waals surface area contributed by atoms with Crippen LogP contribution in [0.1, 0.15) is 15.2 Å². The van der Waals surface area contributed by atoms with E-state index in [2.05, 4.69) is 15.9 Å². The molecule has 88 valence electrons. The molecule has 0 unspecified atom stereocenters. The van der Waals surface area contributed by atoms with Crippen LogP contribution in [-0.4, -0.2) is 5.78 Å². The third kappa shape index (κ3) is 2.23. The second kappa shape index (κ2) is 4.54. The van der Waals surface area contributed by atoms with E-state index >= 15 is 0 Å². The molecule has 0 aliphatic rings. The van der Waals surface area contributed by atoms with Crippen LogP contribution in [-0.2, 0) is 0 Å². The molecule has 0 saturated carbocycles. The van der Waals surface area contributed by atoms with Crippen molar-refractivity contribution in [3.05, 3.63) is 50.1 Å². The summed E-state index contributed by atoms with van der Waals surface area (Å²) in [6.45, 7) is 0. The van der Waals surface area contributed by atoms with E-state index in [0.717, 1.165) is 12.1 Å². The summed E-state index contributed by atoms with van der Waals surface area (Å²) < 4.78 is 26.6. The standard InChI is InChI=1S/C11H6BrF2NOS/c12-6-1-2-17-11(6)10(16)5-3-7(13)8(14)4-9(5)15/h1-4H,15H2. The Morgan fingerprint density at radius 2 is 1.94 bits per heavy atom. The number of ketones is 1. The van der Waals surface area contributed by atoms with Gasteiger partial charge in [0.15, 0.2) is 11.6 Å². The predicted molar refractivity (Wildman–Crippen MR) is 66.2 cm³/mol. The van der Waals surface area contributed by atoms with Crippen molar-refractivity contribution in [2.45, 2.75) is 0 Å². The molecule has 2 rings (SSSR count). The zero-order valence-electron chi connectivity index (χ0n) is 8.34. The normalized spacial score (nSPS) is 10.5. The maximum Gasteiger partial charge on any atom is 0.206 e. The second-order valence-corrected chi connectivity index (χ2v) is 5.05. The van der Waals surface area contributed by atoms with Gasteiger partial charge in [-0.2, -0.15) is 0 Å². The minimum atomic E-state index is -1.09. The van der Waals surface area contributed by atoms with Crippen molar-refractivity contribution < 1.29 is 13.6 Å². The molecule has 2 N–H and O–H groups in total.